The average molecular weight is 371 g/mol. The van der Waals surface area contributed by atoms with E-state index in [-0.39, 0.29) is 18.4 Å². The molecule has 2 atom stereocenters. The van der Waals surface area contributed by atoms with Crippen molar-refractivity contribution in [3.8, 4) is 0 Å². The number of ether oxygens (including phenoxy) is 1. The molecule has 1 fully saturated rings. The molecule has 1 aliphatic rings. The van der Waals surface area contributed by atoms with E-state index in [4.69, 9.17) is 4.74 Å². The summed E-state index contributed by atoms with van der Waals surface area (Å²) in [5.41, 5.74) is 3.71. The van der Waals surface area contributed by atoms with Crippen LogP contribution in [0.4, 0.5) is 0 Å². The van der Waals surface area contributed by atoms with Crippen LogP contribution in [0, 0.1) is 13.8 Å². The van der Waals surface area contributed by atoms with E-state index in [1.165, 1.54) is 0 Å². The lowest BCUT2D eigenvalue weighted by Gasteiger charge is -2.34. The molecule has 1 aliphatic heterocycles. The predicted octanol–water partition coefficient (Wildman–Crippen LogP) is 1.04. The number of carbonyl (C=O) groups is 2. The number of hydrogen-bond donors (Lipinski definition) is 1. The van der Waals surface area contributed by atoms with Gasteiger partial charge in [-0.25, -0.2) is 0 Å². The Bertz CT molecular complexity index is 833. The Kier molecular flexibility index (Phi) is 5.55. The van der Waals surface area contributed by atoms with Gasteiger partial charge in [-0.2, -0.15) is 5.10 Å². The number of pyridine rings is 1. The summed E-state index contributed by atoms with van der Waals surface area (Å²) in [5.74, 6) is -0.399. The monoisotopic (exact) mass is 371 g/mol. The fraction of sp³-hybridized carbons (Fsp3) is 0.474. The van der Waals surface area contributed by atoms with E-state index in [1.807, 2.05) is 38.6 Å². The zero-order chi connectivity index (χ0) is 19.6. The number of carbonyl (C=O) groups excluding carboxylic acids is 2. The molecule has 3 heterocycles. The van der Waals surface area contributed by atoms with Crippen molar-refractivity contribution in [2.24, 2.45) is 7.05 Å². The second kappa shape index (κ2) is 7.87. The van der Waals surface area contributed by atoms with Gasteiger partial charge < -0.3 is 15.0 Å². The van der Waals surface area contributed by atoms with E-state index in [9.17, 15) is 9.59 Å². The van der Waals surface area contributed by atoms with Crippen molar-refractivity contribution >= 4 is 11.8 Å². The Hall–Kier alpha value is -2.74. The molecule has 1 saturated heterocycles. The molecule has 0 aliphatic carbocycles. The summed E-state index contributed by atoms with van der Waals surface area (Å²) in [4.78, 5) is 30.9. The van der Waals surface area contributed by atoms with Gasteiger partial charge in [0, 0.05) is 43.8 Å². The molecule has 27 heavy (non-hydrogen) atoms. The Labute approximate surface area is 158 Å². The summed E-state index contributed by atoms with van der Waals surface area (Å²) < 4.78 is 7.47. The highest BCUT2D eigenvalue weighted by atomic mass is 16.5. The Morgan fingerprint density at radius 1 is 1.44 bits per heavy atom. The molecule has 1 N–H and O–H groups in total. The molecule has 0 radical (unpaired) electrons. The van der Waals surface area contributed by atoms with Gasteiger partial charge >= 0.3 is 0 Å². The summed E-state index contributed by atoms with van der Waals surface area (Å²) >= 11 is 0. The molecule has 0 aromatic carbocycles. The molecule has 0 bridgehead atoms. The van der Waals surface area contributed by atoms with Crippen molar-refractivity contribution in [1.29, 1.82) is 0 Å². The average Bonchev–Trinajstić information content (AvgIpc) is 2.91. The highest BCUT2D eigenvalue weighted by Crippen LogP contribution is 2.25. The number of nitrogens with one attached hydrogen (secondary N) is 1. The number of aromatic nitrogens is 3. The molecule has 0 unspecified atom stereocenters. The Balaban J connectivity index is 1.85. The van der Waals surface area contributed by atoms with Crippen molar-refractivity contribution in [2.75, 3.05) is 13.2 Å². The summed E-state index contributed by atoms with van der Waals surface area (Å²) in [6, 6.07) is 3.05. The molecule has 8 nitrogen and oxygen atoms in total. The van der Waals surface area contributed by atoms with Gasteiger partial charge in [-0.15, -0.1) is 0 Å². The van der Waals surface area contributed by atoms with Gasteiger partial charge in [0.2, 0.25) is 5.91 Å². The van der Waals surface area contributed by atoms with E-state index < -0.39 is 12.1 Å². The summed E-state index contributed by atoms with van der Waals surface area (Å²) in [5, 5.41) is 7.29. The van der Waals surface area contributed by atoms with Crippen LogP contribution in [-0.2, 0) is 27.9 Å². The first-order valence-electron chi connectivity index (χ1n) is 9.01. The third kappa shape index (κ3) is 3.85. The van der Waals surface area contributed by atoms with Crippen molar-refractivity contribution < 1.29 is 14.3 Å². The lowest BCUT2D eigenvalue weighted by Crippen LogP contribution is -2.53. The van der Waals surface area contributed by atoms with E-state index in [0.717, 1.165) is 22.5 Å². The van der Waals surface area contributed by atoms with E-state index in [2.05, 4.69) is 15.4 Å². The predicted molar refractivity (Wildman–Crippen MR) is 98.6 cm³/mol. The standard InChI is InChI=1S/C19H25N5O3/c1-5-24(10-15-12(2)22-23(4)13(15)3)19(26)18-17(21-16(25)11-27-18)14-7-6-8-20-9-14/h6-9,17-18H,5,10-11H2,1-4H3,(H,21,25)/t17-,18+/m1/s1. The molecule has 2 aromatic rings. The first kappa shape index (κ1) is 19.0. The van der Waals surface area contributed by atoms with Crippen molar-refractivity contribution in [3.63, 3.8) is 0 Å². The smallest absolute Gasteiger partial charge is 0.254 e. The van der Waals surface area contributed by atoms with Crippen LogP contribution in [0.1, 0.15) is 35.5 Å². The molecule has 2 amide bonds. The lowest BCUT2D eigenvalue weighted by atomic mass is 10.00. The summed E-state index contributed by atoms with van der Waals surface area (Å²) in [6.45, 7) is 6.71. The van der Waals surface area contributed by atoms with Crippen LogP contribution in [0.25, 0.3) is 0 Å². The van der Waals surface area contributed by atoms with E-state index >= 15 is 0 Å². The second-order valence-electron chi connectivity index (χ2n) is 6.69. The van der Waals surface area contributed by atoms with Crippen LogP contribution in [-0.4, -0.2) is 50.7 Å². The molecule has 8 heteroatoms. The quantitative estimate of drug-likeness (QED) is 0.848. The fourth-order valence-corrected chi connectivity index (χ4v) is 3.35. The molecule has 2 aromatic heterocycles. The highest BCUT2D eigenvalue weighted by molar-refractivity contribution is 5.86. The maximum Gasteiger partial charge on any atom is 0.254 e. The number of hydrogen-bond acceptors (Lipinski definition) is 5. The van der Waals surface area contributed by atoms with Crippen LogP contribution in [0.15, 0.2) is 24.5 Å². The van der Waals surface area contributed by atoms with Crippen molar-refractivity contribution in [2.45, 2.75) is 39.5 Å². The number of aryl methyl sites for hydroxylation is 2. The normalized spacial score (nSPS) is 19.6. The zero-order valence-corrected chi connectivity index (χ0v) is 16.1. The number of morpholine rings is 1. The van der Waals surface area contributed by atoms with Gasteiger partial charge in [0.1, 0.15) is 6.61 Å². The molecule has 3 rings (SSSR count). The molecule has 144 valence electrons. The molecule has 0 spiro atoms. The second-order valence-corrected chi connectivity index (χ2v) is 6.69. The number of amides is 2. The van der Waals surface area contributed by atoms with Gasteiger partial charge in [-0.1, -0.05) is 6.07 Å². The first-order chi connectivity index (χ1) is 12.9. The lowest BCUT2D eigenvalue weighted by molar-refractivity contribution is -0.155. The topological polar surface area (TPSA) is 89.4 Å². The largest absolute Gasteiger partial charge is 0.356 e. The highest BCUT2D eigenvalue weighted by Gasteiger charge is 2.38. The maximum absolute atomic E-state index is 13.3. The zero-order valence-electron chi connectivity index (χ0n) is 16.1. The number of likely N-dealkylation sites (N-methyl/N-ethyl adjacent to an activating group) is 1. The van der Waals surface area contributed by atoms with Crippen LogP contribution in [0.5, 0.6) is 0 Å². The minimum Gasteiger partial charge on any atom is -0.356 e. The van der Waals surface area contributed by atoms with Gasteiger partial charge in [0.05, 0.1) is 11.7 Å². The molecule has 0 saturated carbocycles. The van der Waals surface area contributed by atoms with Crippen molar-refractivity contribution in [1.82, 2.24) is 25.0 Å². The Morgan fingerprint density at radius 3 is 2.81 bits per heavy atom. The third-order valence-electron chi connectivity index (χ3n) is 5.00. The number of rotatable bonds is 5. The van der Waals surface area contributed by atoms with Gasteiger partial charge in [-0.3, -0.25) is 19.3 Å². The van der Waals surface area contributed by atoms with Gasteiger partial charge in [0.15, 0.2) is 6.10 Å². The van der Waals surface area contributed by atoms with Crippen LogP contribution in [0.3, 0.4) is 0 Å². The summed E-state index contributed by atoms with van der Waals surface area (Å²) in [7, 11) is 1.89. The van der Waals surface area contributed by atoms with Crippen LogP contribution < -0.4 is 5.32 Å². The van der Waals surface area contributed by atoms with Crippen LogP contribution in [0.2, 0.25) is 0 Å². The molecular weight excluding hydrogens is 346 g/mol. The van der Waals surface area contributed by atoms with E-state index in [0.29, 0.717) is 13.1 Å². The first-order valence-corrected chi connectivity index (χ1v) is 9.01. The van der Waals surface area contributed by atoms with Crippen LogP contribution >= 0.6 is 0 Å². The van der Waals surface area contributed by atoms with E-state index in [1.54, 1.807) is 23.4 Å². The van der Waals surface area contributed by atoms with Crippen molar-refractivity contribution in [3.05, 3.63) is 47.0 Å². The fourth-order valence-electron chi connectivity index (χ4n) is 3.35. The third-order valence-corrected chi connectivity index (χ3v) is 5.00. The maximum atomic E-state index is 13.3. The number of nitrogens with zero attached hydrogens (tertiary/aromatic N) is 4. The van der Waals surface area contributed by atoms with Gasteiger partial charge in [0.25, 0.3) is 5.91 Å². The Morgan fingerprint density at radius 2 is 2.22 bits per heavy atom. The minimum absolute atomic E-state index is 0.129. The minimum atomic E-state index is -0.788. The molecular formula is C19H25N5O3. The van der Waals surface area contributed by atoms with Gasteiger partial charge in [-0.05, 0) is 32.4 Å². The summed E-state index contributed by atoms with van der Waals surface area (Å²) in [6.07, 6.45) is 2.51. The SMILES string of the molecule is CCN(Cc1c(C)nn(C)c1C)C(=O)[C@H]1OCC(=O)N[C@@H]1c1cccnc1.